The van der Waals surface area contributed by atoms with Gasteiger partial charge in [-0.3, -0.25) is 4.98 Å². The van der Waals surface area contributed by atoms with Crippen LogP contribution in [0.5, 0.6) is 5.88 Å². The quantitative estimate of drug-likeness (QED) is 0.365. The van der Waals surface area contributed by atoms with Crippen LogP contribution in [0, 0.1) is 18.7 Å². The number of ether oxygens (including phenoxy) is 2. The van der Waals surface area contributed by atoms with E-state index in [0.717, 1.165) is 62.9 Å². The molecular formula is C27H25FN6O2. The zero-order valence-electron chi connectivity index (χ0n) is 20.3. The van der Waals surface area contributed by atoms with Crippen LogP contribution in [-0.2, 0) is 11.8 Å². The van der Waals surface area contributed by atoms with Crippen LogP contribution in [0.1, 0.15) is 30.1 Å². The van der Waals surface area contributed by atoms with Crippen molar-refractivity contribution in [1.82, 2.24) is 29.5 Å². The molecule has 9 heteroatoms. The van der Waals surface area contributed by atoms with Crippen molar-refractivity contribution in [3.8, 4) is 28.3 Å². The van der Waals surface area contributed by atoms with Gasteiger partial charge in [0, 0.05) is 54.7 Å². The maximum Gasteiger partial charge on any atom is 0.238 e. The van der Waals surface area contributed by atoms with E-state index >= 15 is 4.39 Å². The van der Waals surface area contributed by atoms with E-state index in [9.17, 15) is 0 Å². The fraction of sp³-hybridized carbons (Fsp3) is 0.333. The molecule has 0 amide bonds. The van der Waals surface area contributed by atoms with Gasteiger partial charge in [-0.2, -0.15) is 0 Å². The zero-order valence-corrected chi connectivity index (χ0v) is 20.3. The number of fused-ring (bicyclic) bond motifs is 5. The first-order valence-electron chi connectivity index (χ1n) is 12.2. The van der Waals surface area contributed by atoms with Gasteiger partial charge in [-0.05, 0) is 43.4 Å². The number of aryl methyl sites for hydroxylation is 2. The summed E-state index contributed by atoms with van der Waals surface area (Å²) in [7, 11) is 3.49. The van der Waals surface area contributed by atoms with E-state index in [1.165, 1.54) is 0 Å². The molecule has 0 bridgehead atoms. The average molecular weight is 485 g/mol. The maximum absolute atomic E-state index is 15.9. The molecule has 1 aromatic carbocycles. The van der Waals surface area contributed by atoms with Crippen molar-refractivity contribution in [3.05, 3.63) is 53.7 Å². The predicted molar refractivity (Wildman–Crippen MR) is 133 cm³/mol. The van der Waals surface area contributed by atoms with Gasteiger partial charge in [-0.15, -0.1) is 5.10 Å². The van der Waals surface area contributed by atoms with Crippen LogP contribution in [0.15, 0.2) is 36.7 Å². The molecule has 5 aromatic rings. The molecule has 0 N–H and O–H groups in total. The summed E-state index contributed by atoms with van der Waals surface area (Å²) in [5.74, 6) is 0.485. The van der Waals surface area contributed by atoms with Gasteiger partial charge in [0.25, 0.3) is 0 Å². The minimum Gasteiger partial charge on any atom is -0.479 e. The van der Waals surface area contributed by atoms with Crippen LogP contribution in [0.2, 0.25) is 0 Å². The molecule has 2 aliphatic rings. The number of halogens is 1. The molecule has 8 nitrogen and oxygen atoms in total. The van der Waals surface area contributed by atoms with Gasteiger partial charge in [0.15, 0.2) is 0 Å². The van der Waals surface area contributed by atoms with E-state index in [1.807, 2.05) is 32.3 Å². The molecule has 0 spiro atoms. The first kappa shape index (κ1) is 21.4. The van der Waals surface area contributed by atoms with Crippen molar-refractivity contribution in [2.45, 2.75) is 25.8 Å². The lowest BCUT2D eigenvalue weighted by Crippen LogP contribution is -2.30. The van der Waals surface area contributed by atoms with Gasteiger partial charge in [0.2, 0.25) is 5.88 Å². The summed E-state index contributed by atoms with van der Waals surface area (Å²) in [6, 6.07) is 7.11. The SMILES string of the molecule is COc1nccc2c3ncc(-c4c(C)nnn4C)c4c3n(c12)C(C1CCOCC1)c1c(F)cccc1-4. The van der Waals surface area contributed by atoms with E-state index in [-0.39, 0.29) is 17.8 Å². The van der Waals surface area contributed by atoms with Crippen LogP contribution in [0.4, 0.5) is 4.39 Å². The fourth-order valence-corrected chi connectivity index (χ4v) is 6.28. The Kier molecular flexibility index (Phi) is 4.66. The van der Waals surface area contributed by atoms with E-state index in [1.54, 1.807) is 30.1 Å². The summed E-state index contributed by atoms with van der Waals surface area (Å²) in [6.45, 7) is 3.25. The summed E-state index contributed by atoms with van der Waals surface area (Å²) < 4.78 is 31.4. The Morgan fingerprint density at radius 3 is 2.67 bits per heavy atom. The molecule has 6 heterocycles. The number of aromatic nitrogens is 6. The molecule has 1 fully saturated rings. The number of hydrogen-bond donors (Lipinski definition) is 0. The molecule has 4 aromatic heterocycles. The van der Waals surface area contributed by atoms with Crippen molar-refractivity contribution < 1.29 is 13.9 Å². The van der Waals surface area contributed by atoms with Gasteiger partial charge >= 0.3 is 0 Å². The van der Waals surface area contributed by atoms with E-state index in [4.69, 9.17) is 14.5 Å². The second-order valence-electron chi connectivity index (χ2n) is 9.57. The standard InChI is InChI=1S/C27H25FN6O2/c1-14-23(33(2)32-31-14)18-13-30-22-17-7-10-29-27(35-3)25(17)34-24(15-8-11-36-12-9-15)21-16(20(18)26(22)34)5-4-6-19(21)28/h4-7,10,13,15,24H,8-9,11-12H2,1-3H3. The zero-order chi connectivity index (χ0) is 24.6. The third-order valence-corrected chi connectivity index (χ3v) is 7.73. The molecule has 1 atom stereocenters. The topological polar surface area (TPSA) is 79.9 Å². The van der Waals surface area contributed by atoms with Gasteiger partial charge in [-0.1, -0.05) is 17.3 Å². The maximum atomic E-state index is 15.9. The second-order valence-corrected chi connectivity index (χ2v) is 9.57. The number of nitrogens with zero attached hydrogens (tertiary/aromatic N) is 6. The van der Waals surface area contributed by atoms with Crippen LogP contribution in [0.3, 0.4) is 0 Å². The first-order chi connectivity index (χ1) is 17.6. The Balaban J connectivity index is 1.71. The van der Waals surface area contributed by atoms with Gasteiger partial charge in [0.1, 0.15) is 11.3 Å². The fourth-order valence-electron chi connectivity index (χ4n) is 6.28. The highest BCUT2D eigenvalue weighted by molar-refractivity contribution is 6.15. The molecule has 36 heavy (non-hydrogen) atoms. The van der Waals surface area contributed by atoms with E-state index < -0.39 is 0 Å². The monoisotopic (exact) mass is 484 g/mol. The Morgan fingerprint density at radius 1 is 1.08 bits per heavy atom. The third-order valence-electron chi connectivity index (χ3n) is 7.73. The van der Waals surface area contributed by atoms with Crippen molar-refractivity contribution in [3.63, 3.8) is 0 Å². The molecule has 182 valence electrons. The van der Waals surface area contributed by atoms with E-state index in [0.29, 0.717) is 24.7 Å². The minimum absolute atomic E-state index is 0.190. The lowest BCUT2D eigenvalue weighted by molar-refractivity contribution is 0.0547. The molecule has 7 rings (SSSR count). The van der Waals surface area contributed by atoms with E-state index in [2.05, 4.69) is 19.9 Å². The lowest BCUT2D eigenvalue weighted by atomic mass is 9.79. The molecule has 0 saturated carbocycles. The molecule has 1 unspecified atom stereocenters. The van der Waals surface area contributed by atoms with Crippen molar-refractivity contribution in [1.29, 1.82) is 0 Å². The molecule has 0 radical (unpaired) electrons. The molecular weight excluding hydrogens is 459 g/mol. The Hall–Kier alpha value is -3.85. The predicted octanol–water partition coefficient (Wildman–Crippen LogP) is 4.83. The Bertz CT molecular complexity index is 1650. The number of rotatable bonds is 3. The van der Waals surface area contributed by atoms with Gasteiger partial charge < -0.3 is 14.0 Å². The van der Waals surface area contributed by atoms with Crippen LogP contribution in [-0.4, -0.2) is 49.9 Å². The first-order valence-corrected chi connectivity index (χ1v) is 12.2. The van der Waals surface area contributed by atoms with Gasteiger partial charge in [0.05, 0.1) is 35.6 Å². The average Bonchev–Trinajstić information content (AvgIpc) is 3.42. The number of benzene rings is 1. The van der Waals surface area contributed by atoms with Crippen LogP contribution in [0.25, 0.3) is 44.3 Å². The number of pyridine rings is 2. The lowest BCUT2D eigenvalue weighted by Gasteiger charge is -2.37. The van der Waals surface area contributed by atoms with Crippen molar-refractivity contribution >= 4 is 21.9 Å². The Labute approximate surface area is 206 Å². The molecule has 1 saturated heterocycles. The summed E-state index contributed by atoms with van der Waals surface area (Å²) in [6.07, 6.45) is 5.29. The summed E-state index contributed by atoms with van der Waals surface area (Å²) in [5.41, 5.74) is 7.70. The highest BCUT2D eigenvalue weighted by Gasteiger charge is 2.39. The normalized spacial score (nSPS) is 17.6. The Morgan fingerprint density at radius 2 is 1.92 bits per heavy atom. The third kappa shape index (κ3) is 2.77. The summed E-state index contributed by atoms with van der Waals surface area (Å²) >= 11 is 0. The second kappa shape index (κ2) is 7.83. The highest BCUT2D eigenvalue weighted by Crippen LogP contribution is 2.53. The summed E-state index contributed by atoms with van der Waals surface area (Å²) in [4.78, 5) is 9.50. The van der Waals surface area contributed by atoms with Crippen molar-refractivity contribution in [2.75, 3.05) is 20.3 Å². The molecule has 0 aliphatic carbocycles. The summed E-state index contributed by atoms with van der Waals surface area (Å²) in [5, 5.41) is 9.46. The van der Waals surface area contributed by atoms with Crippen LogP contribution >= 0.6 is 0 Å². The smallest absolute Gasteiger partial charge is 0.238 e. The number of hydrogen-bond acceptors (Lipinski definition) is 6. The van der Waals surface area contributed by atoms with Crippen molar-refractivity contribution in [2.24, 2.45) is 13.0 Å². The minimum atomic E-state index is -0.237. The van der Waals surface area contributed by atoms with Crippen LogP contribution < -0.4 is 4.74 Å². The largest absolute Gasteiger partial charge is 0.479 e. The highest BCUT2D eigenvalue weighted by atomic mass is 19.1. The molecule has 2 aliphatic heterocycles. The number of methoxy groups -OCH3 is 1. The van der Waals surface area contributed by atoms with Gasteiger partial charge in [-0.25, -0.2) is 14.1 Å².